The van der Waals surface area contributed by atoms with E-state index in [2.05, 4.69) is 54.4 Å². The molecule has 1 heterocycles. The van der Waals surface area contributed by atoms with Crippen LogP contribution in [-0.2, 0) is 0 Å². The molecule has 0 unspecified atom stereocenters. The first-order valence-electron chi connectivity index (χ1n) is 6.33. The second-order valence-corrected chi connectivity index (χ2v) is 4.51. The van der Waals surface area contributed by atoms with Crippen LogP contribution in [0.2, 0.25) is 0 Å². The maximum atomic E-state index is 4.08. The fourth-order valence-electron chi connectivity index (χ4n) is 2.20. The highest BCUT2D eigenvalue weighted by atomic mass is 14.9. The van der Waals surface area contributed by atoms with Gasteiger partial charge in [-0.05, 0) is 22.8 Å². The first kappa shape index (κ1) is 11.5. The van der Waals surface area contributed by atoms with Crippen LogP contribution in [0.15, 0.2) is 85.2 Å². The lowest BCUT2D eigenvalue weighted by molar-refractivity contribution is 1.12. The smallest absolute Gasteiger partial charge is 0.0386 e. The zero-order chi connectivity index (χ0) is 13.1. The van der Waals surface area contributed by atoms with E-state index < -0.39 is 0 Å². The number of dihydropyridines is 1. The van der Waals surface area contributed by atoms with Gasteiger partial charge in [-0.1, -0.05) is 67.2 Å². The molecule has 1 aliphatic heterocycles. The van der Waals surface area contributed by atoms with Crippen molar-refractivity contribution in [1.29, 1.82) is 0 Å². The summed E-state index contributed by atoms with van der Waals surface area (Å²) in [6, 6.07) is 20.7. The van der Waals surface area contributed by atoms with E-state index in [0.717, 1.165) is 11.3 Å². The number of nitrogens with one attached hydrogen (secondary N) is 1. The fourth-order valence-corrected chi connectivity index (χ4v) is 2.20. The van der Waals surface area contributed by atoms with E-state index in [-0.39, 0.29) is 0 Å². The van der Waals surface area contributed by atoms with Crippen molar-refractivity contribution < 1.29 is 0 Å². The Labute approximate surface area is 113 Å². The Kier molecular flexibility index (Phi) is 3.03. The molecule has 1 heteroatoms. The third kappa shape index (κ3) is 2.36. The average molecular weight is 245 g/mol. The van der Waals surface area contributed by atoms with Gasteiger partial charge >= 0.3 is 0 Å². The van der Waals surface area contributed by atoms with E-state index in [0.29, 0.717) is 0 Å². The Balaban J connectivity index is 2.02. The summed E-state index contributed by atoms with van der Waals surface area (Å²) in [6.07, 6.45) is 4.19. The summed E-state index contributed by atoms with van der Waals surface area (Å²) in [5.41, 5.74) is 5.64. The third-order valence-electron chi connectivity index (χ3n) is 3.22. The van der Waals surface area contributed by atoms with E-state index in [1.807, 2.05) is 30.5 Å². The summed E-state index contributed by atoms with van der Waals surface area (Å²) in [4.78, 5) is 0. The number of hydrogen-bond acceptors (Lipinski definition) is 1. The molecule has 0 atom stereocenters. The van der Waals surface area contributed by atoms with E-state index in [4.69, 9.17) is 0 Å². The van der Waals surface area contributed by atoms with Crippen molar-refractivity contribution in [3.05, 3.63) is 96.3 Å². The molecule has 2 aromatic carbocycles. The minimum atomic E-state index is 0.936. The van der Waals surface area contributed by atoms with Gasteiger partial charge in [0, 0.05) is 17.5 Å². The van der Waals surface area contributed by atoms with Crippen LogP contribution in [0, 0.1) is 0 Å². The van der Waals surface area contributed by atoms with E-state index in [1.165, 1.54) is 16.7 Å². The number of benzene rings is 2. The lowest BCUT2D eigenvalue weighted by Gasteiger charge is -2.18. The molecule has 2 aromatic rings. The molecule has 0 radical (unpaired) electrons. The molecule has 0 fully saturated rings. The zero-order valence-electron chi connectivity index (χ0n) is 10.6. The summed E-state index contributed by atoms with van der Waals surface area (Å²) < 4.78 is 0. The van der Waals surface area contributed by atoms with Crippen LogP contribution in [-0.4, -0.2) is 0 Å². The maximum Gasteiger partial charge on any atom is 0.0386 e. The predicted octanol–water partition coefficient (Wildman–Crippen LogP) is 4.23. The van der Waals surface area contributed by atoms with Gasteiger partial charge in [0.15, 0.2) is 0 Å². The van der Waals surface area contributed by atoms with Gasteiger partial charge in [-0.3, -0.25) is 0 Å². The largest absolute Gasteiger partial charge is 0.361 e. The Bertz CT molecular complexity index is 649. The Morgan fingerprint density at radius 2 is 1.32 bits per heavy atom. The van der Waals surface area contributed by atoms with Crippen LogP contribution >= 0.6 is 0 Å². The minimum Gasteiger partial charge on any atom is -0.361 e. The van der Waals surface area contributed by atoms with Gasteiger partial charge in [-0.2, -0.15) is 0 Å². The summed E-state index contributed by atoms with van der Waals surface area (Å²) >= 11 is 0. The van der Waals surface area contributed by atoms with Gasteiger partial charge in [-0.25, -0.2) is 0 Å². The van der Waals surface area contributed by atoms with E-state index in [9.17, 15) is 0 Å². The van der Waals surface area contributed by atoms with Crippen molar-refractivity contribution in [3.63, 3.8) is 0 Å². The van der Waals surface area contributed by atoms with Crippen LogP contribution < -0.4 is 5.32 Å². The van der Waals surface area contributed by atoms with Gasteiger partial charge in [0.05, 0.1) is 0 Å². The summed E-state index contributed by atoms with van der Waals surface area (Å²) in [7, 11) is 0. The van der Waals surface area contributed by atoms with E-state index >= 15 is 0 Å². The normalized spacial score (nSPS) is 14.4. The summed E-state index contributed by atoms with van der Waals surface area (Å²) in [6.45, 7) is 4.08. The van der Waals surface area contributed by atoms with Crippen LogP contribution in [0.25, 0.3) is 11.1 Å². The molecule has 0 aliphatic carbocycles. The third-order valence-corrected chi connectivity index (χ3v) is 3.22. The fraction of sp³-hybridized carbons (Fsp3) is 0. The highest BCUT2D eigenvalue weighted by Gasteiger charge is 2.11. The molecule has 0 spiro atoms. The highest BCUT2D eigenvalue weighted by Crippen LogP contribution is 2.29. The molecule has 92 valence electrons. The van der Waals surface area contributed by atoms with Crippen molar-refractivity contribution in [1.82, 2.24) is 5.32 Å². The molecular weight excluding hydrogens is 230 g/mol. The van der Waals surface area contributed by atoms with Crippen LogP contribution in [0.5, 0.6) is 0 Å². The predicted molar refractivity (Wildman–Crippen MR) is 81.1 cm³/mol. The van der Waals surface area contributed by atoms with Crippen molar-refractivity contribution in [2.75, 3.05) is 0 Å². The first-order chi connectivity index (χ1) is 9.34. The summed E-state index contributed by atoms with van der Waals surface area (Å²) in [5, 5.41) is 3.25. The van der Waals surface area contributed by atoms with Crippen molar-refractivity contribution in [2.24, 2.45) is 0 Å². The maximum absolute atomic E-state index is 4.08. The monoisotopic (exact) mass is 245 g/mol. The first-order valence-corrected chi connectivity index (χ1v) is 6.33. The molecule has 19 heavy (non-hydrogen) atoms. The van der Waals surface area contributed by atoms with Crippen molar-refractivity contribution in [3.8, 4) is 0 Å². The Morgan fingerprint density at radius 3 is 1.95 bits per heavy atom. The quantitative estimate of drug-likeness (QED) is 0.835. The van der Waals surface area contributed by atoms with E-state index in [1.54, 1.807) is 0 Å². The lowest BCUT2D eigenvalue weighted by atomic mass is 9.95. The van der Waals surface area contributed by atoms with Crippen LogP contribution in [0.4, 0.5) is 0 Å². The van der Waals surface area contributed by atoms with Gasteiger partial charge in [0.2, 0.25) is 0 Å². The van der Waals surface area contributed by atoms with Gasteiger partial charge in [0.1, 0.15) is 0 Å². The number of allylic oxidation sites excluding steroid dienone is 3. The molecule has 0 saturated heterocycles. The van der Waals surface area contributed by atoms with Crippen molar-refractivity contribution in [2.45, 2.75) is 0 Å². The minimum absolute atomic E-state index is 0.936. The Hall–Kier alpha value is -2.54. The van der Waals surface area contributed by atoms with Crippen LogP contribution in [0.1, 0.15) is 11.1 Å². The Morgan fingerprint density at radius 1 is 0.737 bits per heavy atom. The molecule has 1 nitrogen and oxygen atoms in total. The second-order valence-electron chi connectivity index (χ2n) is 4.51. The molecule has 0 saturated carbocycles. The molecular formula is C18H15N. The standard InChI is InChI=1S/C18H15N/c1-14-18(16-10-6-3-7-11-16)12-17(13-19-14)15-8-4-2-5-9-15/h2-13,19H,1H2. The lowest BCUT2D eigenvalue weighted by Crippen LogP contribution is -2.11. The second kappa shape index (κ2) is 4.99. The molecule has 3 rings (SSSR count). The zero-order valence-corrected chi connectivity index (χ0v) is 10.6. The van der Waals surface area contributed by atoms with Crippen LogP contribution in [0.3, 0.4) is 0 Å². The highest BCUT2D eigenvalue weighted by molar-refractivity contribution is 5.91. The van der Waals surface area contributed by atoms with Gasteiger partial charge in [0.25, 0.3) is 0 Å². The molecule has 1 N–H and O–H groups in total. The average Bonchev–Trinajstić information content (AvgIpc) is 2.49. The number of rotatable bonds is 2. The molecule has 0 bridgehead atoms. The molecule has 0 aromatic heterocycles. The number of hydrogen-bond donors (Lipinski definition) is 1. The molecule has 0 amide bonds. The topological polar surface area (TPSA) is 12.0 Å². The van der Waals surface area contributed by atoms with Gasteiger partial charge in [-0.15, -0.1) is 0 Å². The summed E-state index contributed by atoms with van der Waals surface area (Å²) in [5.74, 6) is 0. The SMILES string of the molecule is C=C1NC=C(c2ccccc2)C=C1c1ccccc1. The van der Waals surface area contributed by atoms with Gasteiger partial charge < -0.3 is 5.32 Å². The van der Waals surface area contributed by atoms with Crippen molar-refractivity contribution >= 4 is 11.1 Å². The molecule has 1 aliphatic rings.